The van der Waals surface area contributed by atoms with E-state index in [2.05, 4.69) is 32.9 Å². The summed E-state index contributed by atoms with van der Waals surface area (Å²) in [4.78, 5) is 0. The topological polar surface area (TPSA) is 0 Å². The van der Waals surface area contributed by atoms with E-state index in [0.29, 0.717) is 0 Å². The first-order valence-electron chi connectivity index (χ1n) is 2.90. The molecular weight excluding hydrogens is 223 g/mol. The average molecular weight is 244 g/mol. The van der Waals surface area contributed by atoms with Gasteiger partial charge in [-0.3, -0.25) is 0 Å². The Morgan fingerprint density at radius 2 is 1.50 bits per heavy atom. The minimum Gasteiger partial charge on any atom is -0.358 e. The van der Waals surface area contributed by atoms with Crippen molar-refractivity contribution in [3.05, 3.63) is 51.1 Å². The van der Waals surface area contributed by atoms with Crippen molar-refractivity contribution < 1.29 is 26.2 Å². The summed E-state index contributed by atoms with van der Waals surface area (Å²) in [7, 11) is 0. The van der Waals surface area contributed by atoms with Crippen LogP contribution in [0.25, 0.3) is 0 Å². The second-order valence-electron chi connectivity index (χ2n) is 2.40. The van der Waals surface area contributed by atoms with Crippen LogP contribution in [0.4, 0.5) is 0 Å². The summed E-state index contributed by atoms with van der Waals surface area (Å²) < 4.78 is 0. The fraction of sp³-hybridized carbons (Fsp3) is 0.273. The van der Waals surface area contributed by atoms with Crippen molar-refractivity contribution in [2.24, 2.45) is 0 Å². The molecule has 0 N–H and O–H groups in total. The molecule has 1 aromatic rings. The number of hydrogen-bond acceptors (Lipinski definition) is 0. The van der Waals surface area contributed by atoms with Crippen molar-refractivity contribution in [1.82, 2.24) is 0 Å². The summed E-state index contributed by atoms with van der Waals surface area (Å²) in [6, 6.07) is 4.41. The average Bonchev–Trinajstić information content (AvgIpc) is 1.85. The molecule has 12 heavy (non-hydrogen) atoms. The molecule has 0 aliphatic rings. The molecule has 0 aliphatic carbocycles. The van der Waals surface area contributed by atoms with Crippen molar-refractivity contribution in [1.29, 1.82) is 0 Å². The van der Waals surface area contributed by atoms with Crippen LogP contribution in [0.2, 0.25) is 0 Å². The first-order valence-corrected chi connectivity index (χ1v) is 2.90. The molecule has 1 heteroatoms. The van der Waals surface area contributed by atoms with Crippen LogP contribution in [0, 0.1) is 43.1 Å². The molecule has 0 unspecified atom stereocenters. The summed E-state index contributed by atoms with van der Waals surface area (Å²) in [5, 5.41) is 0. The van der Waals surface area contributed by atoms with Gasteiger partial charge in [-0.05, 0) is 0 Å². The van der Waals surface area contributed by atoms with Crippen molar-refractivity contribution in [2.45, 2.75) is 20.8 Å². The van der Waals surface area contributed by atoms with Crippen molar-refractivity contribution >= 4 is 0 Å². The molecule has 0 heterocycles. The van der Waals surface area contributed by atoms with E-state index in [0.717, 1.165) is 0 Å². The van der Waals surface area contributed by atoms with Crippen LogP contribution in [0.3, 0.4) is 0 Å². The number of aryl methyl sites for hydroxylation is 3. The Balaban J connectivity index is -0.0000000800. The smallest absolute Gasteiger partial charge is 0.358 e. The monoisotopic (exact) mass is 242 g/mol. The van der Waals surface area contributed by atoms with E-state index in [1.807, 2.05) is 0 Å². The summed E-state index contributed by atoms with van der Waals surface area (Å²) in [6.45, 7) is 6.41. The third-order valence-electron chi connectivity index (χ3n) is 1.51. The fourth-order valence-corrected chi connectivity index (χ4v) is 0.952. The maximum atomic E-state index is 2.20. The molecule has 0 aromatic heterocycles. The van der Waals surface area contributed by atoms with Gasteiger partial charge in [-0.1, -0.05) is 20.8 Å². The third-order valence-corrected chi connectivity index (χ3v) is 1.51. The second kappa shape index (κ2) is 9.32. The van der Waals surface area contributed by atoms with Gasteiger partial charge in [-0.25, -0.2) is 11.6 Å². The van der Waals surface area contributed by atoms with E-state index >= 15 is 0 Å². The summed E-state index contributed by atoms with van der Waals surface area (Å²) >= 11 is 0. The molecule has 68 valence electrons. The maximum absolute atomic E-state index is 2.20. The molecule has 0 saturated heterocycles. The largest absolute Gasteiger partial charge is 4.00 e. The quantitative estimate of drug-likeness (QED) is 0.610. The Bertz CT molecular complexity index is 167. The first-order chi connectivity index (χ1) is 3.70. The summed E-state index contributed by atoms with van der Waals surface area (Å²) in [6.07, 6.45) is 0. The maximum Gasteiger partial charge on any atom is 4.00 e. The molecule has 0 saturated carbocycles. The molecular formula is C11H20Zr. The molecule has 0 atom stereocenters. The molecule has 0 radical (unpaired) electrons. The van der Waals surface area contributed by atoms with E-state index in [1.54, 1.807) is 0 Å². The molecule has 0 aliphatic heterocycles. The predicted octanol–water partition coefficient (Wildman–Crippen LogP) is 3.68. The van der Waals surface area contributed by atoms with Gasteiger partial charge < -0.3 is 22.3 Å². The van der Waals surface area contributed by atoms with Crippen LogP contribution >= 0.6 is 0 Å². The third kappa shape index (κ3) is 5.83. The standard InChI is InChI=1S/C8H11.3CH3.Zr/c1-6-4-7(2)8(3)5-6;;;;/h4-5H,1-3H3;3*1H3;/q4*-1;+4. The van der Waals surface area contributed by atoms with Crippen LogP contribution in [0.1, 0.15) is 16.7 Å². The van der Waals surface area contributed by atoms with Crippen LogP contribution < -0.4 is 0 Å². The Kier molecular flexibility index (Phi) is 17.7. The van der Waals surface area contributed by atoms with Crippen molar-refractivity contribution in [3.63, 3.8) is 0 Å². The van der Waals surface area contributed by atoms with E-state index in [-0.39, 0.29) is 48.5 Å². The van der Waals surface area contributed by atoms with Gasteiger partial charge in [0.05, 0.1) is 0 Å². The van der Waals surface area contributed by atoms with Gasteiger partial charge >= 0.3 is 26.2 Å². The van der Waals surface area contributed by atoms with Crippen LogP contribution in [-0.4, -0.2) is 0 Å². The van der Waals surface area contributed by atoms with Crippen molar-refractivity contribution in [2.75, 3.05) is 0 Å². The van der Waals surface area contributed by atoms with E-state index in [1.165, 1.54) is 16.7 Å². The van der Waals surface area contributed by atoms with Gasteiger partial charge in [-0.2, -0.15) is 17.2 Å². The fourth-order valence-electron chi connectivity index (χ4n) is 0.952. The molecule has 0 nitrogen and oxygen atoms in total. The zero-order chi connectivity index (χ0) is 6.15. The Hall–Kier alpha value is 0.233. The second-order valence-corrected chi connectivity index (χ2v) is 2.40. The SMILES string of the molecule is Cc1cc(C)[c-](C)c1.[CH3-].[CH3-].[CH3-].[Zr+4]. The van der Waals surface area contributed by atoms with Gasteiger partial charge in [0, 0.05) is 0 Å². The summed E-state index contributed by atoms with van der Waals surface area (Å²) in [5.41, 5.74) is 4.19. The van der Waals surface area contributed by atoms with Gasteiger partial charge in [0.15, 0.2) is 0 Å². The van der Waals surface area contributed by atoms with Gasteiger partial charge in [0.1, 0.15) is 0 Å². The minimum absolute atomic E-state index is 0. The number of hydrogen-bond donors (Lipinski definition) is 0. The Morgan fingerprint density at radius 3 is 1.58 bits per heavy atom. The molecule has 1 aromatic carbocycles. The zero-order valence-corrected chi connectivity index (χ0v) is 11.6. The minimum atomic E-state index is 0. The molecule has 0 fully saturated rings. The normalized spacial score (nSPS) is 6.58. The van der Waals surface area contributed by atoms with Crippen LogP contribution in [0.15, 0.2) is 12.1 Å². The summed E-state index contributed by atoms with van der Waals surface area (Å²) in [5.74, 6) is 0. The van der Waals surface area contributed by atoms with Gasteiger partial charge in [0.25, 0.3) is 0 Å². The van der Waals surface area contributed by atoms with E-state index < -0.39 is 0 Å². The molecule has 1 rings (SSSR count). The van der Waals surface area contributed by atoms with Gasteiger partial charge in [-0.15, -0.1) is 0 Å². The van der Waals surface area contributed by atoms with E-state index in [4.69, 9.17) is 0 Å². The predicted molar refractivity (Wildman–Crippen MR) is 55.5 cm³/mol. The Labute approximate surface area is 97.9 Å². The zero-order valence-electron chi connectivity index (χ0n) is 9.15. The van der Waals surface area contributed by atoms with E-state index in [9.17, 15) is 0 Å². The van der Waals surface area contributed by atoms with Crippen LogP contribution in [0.5, 0.6) is 0 Å². The van der Waals surface area contributed by atoms with Crippen LogP contribution in [-0.2, 0) is 26.2 Å². The first kappa shape index (κ1) is 22.8. The Morgan fingerprint density at radius 1 is 1.08 bits per heavy atom. The molecule has 0 amide bonds. The molecule has 0 bridgehead atoms. The number of rotatable bonds is 0. The van der Waals surface area contributed by atoms with Crippen molar-refractivity contribution in [3.8, 4) is 0 Å². The van der Waals surface area contributed by atoms with Gasteiger partial charge in [0.2, 0.25) is 0 Å². The molecule has 0 spiro atoms.